The fourth-order valence-electron chi connectivity index (χ4n) is 2.22. The van der Waals surface area contributed by atoms with Gasteiger partial charge in [-0.2, -0.15) is 0 Å². The van der Waals surface area contributed by atoms with Crippen LogP contribution in [-0.2, 0) is 9.47 Å². The van der Waals surface area contributed by atoms with Crippen LogP contribution >= 0.6 is 0 Å². The molecule has 1 fully saturated rings. The number of ether oxygens (including phenoxy) is 2. The molecule has 0 aromatic heterocycles. The fourth-order valence-corrected chi connectivity index (χ4v) is 2.22. The second-order valence-corrected chi connectivity index (χ2v) is 6.80. The van der Waals surface area contributed by atoms with Crippen LogP contribution in [0.4, 0.5) is 0 Å². The Bertz CT molecular complexity index is 294. The van der Waals surface area contributed by atoms with E-state index >= 15 is 0 Å². The molecular formula is C16H33N3O2. The summed E-state index contributed by atoms with van der Waals surface area (Å²) in [6, 6.07) is 0. The van der Waals surface area contributed by atoms with Gasteiger partial charge in [-0.1, -0.05) is 20.8 Å². The summed E-state index contributed by atoms with van der Waals surface area (Å²) < 4.78 is 11.0. The lowest BCUT2D eigenvalue weighted by atomic mass is 9.91. The molecule has 0 aromatic carbocycles. The number of aliphatic imine (C=N–C) groups is 1. The lowest BCUT2D eigenvalue weighted by Crippen LogP contribution is -2.38. The molecule has 0 aromatic rings. The maximum atomic E-state index is 5.73. The van der Waals surface area contributed by atoms with Crippen LogP contribution in [0, 0.1) is 5.41 Å². The molecule has 1 rings (SSSR count). The molecule has 0 bridgehead atoms. The third kappa shape index (κ3) is 9.69. The highest BCUT2D eigenvalue weighted by atomic mass is 16.5. The molecule has 0 amide bonds. The lowest BCUT2D eigenvalue weighted by Gasteiger charge is -2.18. The van der Waals surface area contributed by atoms with Gasteiger partial charge in [0.1, 0.15) is 0 Å². The van der Waals surface area contributed by atoms with Gasteiger partial charge in [-0.15, -0.1) is 0 Å². The van der Waals surface area contributed by atoms with Crippen LogP contribution in [0.25, 0.3) is 0 Å². The van der Waals surface area contributed by atoms with Gasteiger partial charge < -0.3 is 20.1 Å². The van der Waals surface area contributed by atoms with Crippen molar-refractivity contribution in [3.05, 3.63) is 0 Å². The zero-order chi connectivity index (χ0) is 15.6. The van der Waals surface area contributed by atoms with Gasteiger partial charge in [-0.25, -0.2) is 0 Å². The maximum Gasteiger partial charge on any atom is 0.190 e. The molecule has 0 radical (unpaired) electrons. The summed E-state index contributed by atoms with van der Waals surface area (Å²) in [6.45, 7) is 11.0. The minimum Gasteiger partial charge on any atom is -0.379 e. The highest BCUT2D eigenvalue weighted by Gasteiger charge is 2.15. The molecule has 1 aliphatic heterocycles. The van der Waals surface area contributed by atoms with Crippen LogP contribution in [0.2, 0.25) is 0 Å². The number of hydrogen-bond donors (Lipinski definition) is 2. The van der Waals surface area contributed by atoms with E-state index in [2.05, 4.69) is 36.4 Å². The maximum absolute atomic E-state index is 5.73. The van der Waals surface area contributed by atoms with Gasteiger partial charge in [0.05, 0.1) is 12.7 Å². The summed E-state index contributed by atoms with van der Waals surface area (Å²) in [4.78, 5) is 4.23. The topological polar surface area (TPSA) is 54.9 Å². The Balaban J connectivity index is 1.98. The molecular weight excluding hydrogens is 266 g/mol. The number of guanidine groups is 1. The average molecular weight is 299 g/mol. The second-order valence-electron chi connectivity index (χ2n) is 6.80. The molecule has 21 heavy (non-hydrogen) atoms. The molecule has 0 saturated carbocycles. The average Bonchev–Trinajstić information content (AvgIpc) is 2.92. The van der Waals surface area contributed by atoms with E-state index in [1.165, 1.54) is 6.42 Å². The molecule has 5 heteroatoms. The van der Waals surface area contributed by atoms with E-state index in [1.54, 1.807) is 0 Å². The monoisotopic (exact) mass is 299 g/mol. The summed E-state index contributed by atoms with van der Waals surface area (Å²) in [6.07, 6.45) is 4.70. The smallest absolute Gasteiger partial charge is 0.190 e. The third-order valence-corrected chi connectivity index (χ3v) is 3.47. The quantitative estimate of drug-likeness (QED) is 0.410. The largest absolute Gasteiger partial charge is 0.379 e. The molecule has 1 aliphatic rings. The van der Waals surface area contributed by atoms with E-state index in [4.69, 9.17) is 9.47 Å². The Morgan fingerprint density at radius 1 is 1.24 bits per heavy atom. The number of hydrogen-bond acceptors (Lipinski definition) is 3. The Hall–Kier alpha value is -0.810. The van der Waals surface area contributed by atoms with Crippen LogP contribution in [0.1, 0.15) is 46.5 Å². The highest BCUT2D eigenvalue weighted by molar-refractivity contribution is 5.79. The van der Waals surface area contributed by atoms with E-state index in [-0.39, 0.29) is 0 Å². The van der Waals surface area contributed by atoms with Gasteiger partial charge in [0.25, 0.3) is 0 Å². The Kier molecular flexibility index (Phi) is 8.69. The Labute approximate surface area is 129 Å². The van der Waals surface area contributed by atoms with E-state index in [0.29, 0.717) is 11.5 Å². The molecule has 1 atom stereocenters. The summed E-state index contributed by atoms with van der Waals surface area (Å²) in [5, 5.41) is 6.67. The molecule has 0 spiro atoms. The number of rotatable bonds is 8. The Morgan fingerprint density at radius 3 is 2.52 bits per heavy atom. The summed E-state index contributed by atoms with van der Waals surface area (Å²) in [7, 11) is 1.81. The van der Waals surface area contributed by atoms with E-state index in [1.807, 2.05) is 7.05 Å². The molecule has 124 valence electrons. The molecule has 2 N–H and O–H groups in total. The van der Waals surface area contributed by atoms with Gasteiger partial charge in [0.2, 0.25) is 0 Å². The molecule has 5 nitrogen and oxygen atoms in total. The van der Waals surface area contributed by atoms with Crippen molar-refractivity contribution in [3.8, 4) is 0 Å². The minimum atomic E-state index is 0.305. The van der Waals surface area contributed by atoms with Gasteiger partial charge in [-0.3, -0.25) is 4.99 Å². The van der Waals surface area contributed by atoms with Crippen molar-refractivity contribution >= 4 is 5.96 Å². The number of nitrogens with zero attached hydrogens (tertiary/aromatic N) is 1. The first-order chi connectivity index (χ1) is 10.0. The Morgan fingerprint density at radius 2 is 1.95 bits per heavy atom. The van der Waals surface area contributed by atoms with Crippen LogP contribution in [-0.4, -0.2) is 52.0 Å². The van der Waals surface area contributed by atoms with E-state index in [0.717, 1.165) is 58.1 Å². The standard InChI is InChI=1S/C16H33N3O2/c1-16(2,3)8-5-9-18-15(17-4)19-10-6-11-21-14-7-12-20-13-14/h14H,5-13H2,1-4H3,(H2,17,18,19). The summed E-state index contributed by atoms with van der Waals surface area (Å²) in [5.41, 5.74) is 0.403. The van der Waals surface area contributed by atoms with Crippen molar-refractivity contribution in [2.75, 3.05) is 40.0 Å². The zero-order valence-corrected chi connectivity index (χ0v) is 14.2. The van der Waals surface area contributed by atoms with E-state index in [9.17, 15) is 0 Å². The molecule has 1 unspecified atom stereocenters. The SMILES string of the molecule is CN=C(NCCCOC1CCOC1)NCCCC(C)(C)C. The van der Waals surface area contributed by atoms with E-state index < -0.39 is 0 Å². The summed E-state index contributed by atoms with van der Waals surface area (Å²) in [5.74, 6) is 0.883. The normalized spacial score (nSPS) is 19.8. The lowest BCUT2D eigenvalue weighted by molar-refractivity contribution is 0.0420. The predicted molar refractivity (Wildman–Crippen MR) is 87.8 cm³/mol. The van der Waals surface area contributed by atoms with Crippen LogP contribution in [0.5, 0.6) is 0 Å². The number of nitrogens with one attached hydrogen (secondary N) is 2. The highest BCUT2D eigenvalue weighted by Crippen LogP contribution is 2.19. The van der Waals surface area contributed by atoms with Crippen molar-refractivity contribution in [2.24, 2.45) is 10.4 Å². The van der Waals surface area contributed by atoms with Gasteiger partial charge in [0.15, 0.2) is 5.96 Å². The van der Waals surface area contributed by atoms with Crippen molar-refractivity contribution in [3.63, 3.8) is 0 Å². The summed E-state index contributed by atoms with van der Waals surface area (Å²) >= 11 is 0. The predicted octanol–water partition coefficient (Wildman–Crippen LogP) is 2.17. The van der Waals surface area contributed by atoms with Gasteiger partial charge in [0, 0.05) is 33.4 Å². The molecule has 1 saturated heterocycles. The van der Waals surface area contributed by atoms with Crippen LogP contribution < -0.4 is 10.6 Å². The first kappa shape index (κ1) is 18.2. The second kappa shape index (κ2) is 10.0. The van der Waals surface area contributed by atoms with Crippen molar-refractivity contribution in [1.29, 1.82) is 0 Å². The van der Waals surface area contributed by atoms with Gasteiger partial charge >= 0.3 is 0 Å². The van der Waals surface area contributed by atoms with Crippen molar-refractivity contribution < 1.29 is 9.47 Å². The fraction of sp³-hybridized carbons (Fsp3) is 0.938. The minimum absolute atomic E-state index is 0.305. The van der Waals surface area contributed by atoms with Crippen molar-refractivity contribution in [2.45, 2.75) is 52.6 Å². The zero-order valence-electron chi connectivity index (χ0n) is 14.2. The molecule has 0 aliphatic carbocycles. The van der Waals surface area contributed by atoms with Crippen molar-refractivity contribution in [1.82, 2.24) is 10.6 Å². The van der Waals surface area contributed by atoms with Crippen LogP contribution in [0.3, 0.4) is 0 Å². The first-order valence-corrected chi connectivity index (χ1v) is 8.15. The molecule has 1 heterocycles. The first-order valence-electron chi connectivity index (χ1n) is 8.15. The van der Waals surface area contributed by atoms with Gasteiger partial charge in [-0.05, 0) is 31.1 Å². The third-order valence-electron chi connectivity index (χ3n) is 3.47. The van der Waals surface area contributed by atoms with Crippen LogP contribution in [0.15, 0.2) is 4.99 Å².